The third kappa shape index (κ3) is 3.96. The maximum absolute atomic E-state index is 12.4. The monoisotopic (exact) mass is 330 g/mol. The molecule has 6 nitrogen and oxygen atoms in total. The molecule has 1 aliphatic rings. The number of nitrogens with one attached hydrogen (secondary N) is 1. The Kier molecular flexibility index (Phi) is 5.51. The first-order valence-corrected chi connectivity index (χ1v) is 8.11. The van der Waals surface area contributed by atoms with E-state index in [0.29, 0.717) is 30.0 Å². The molecule has 1 aromatic heterocycles. The van der Waals surface area contributed by atoms with Gasteiger partial charge >= 0.3 is 0 Å². The van der Waals surface area contributed by atoms with Crippen LogP contribution in [0.25, 0.3) is 11.0 Å². The highest BCUT2D eigenvalue weighted by atomic mass is 16.5. The summed E-state index contributed by atoms with van der Waals surface area (Å²) in [6.45, 7) is 8.77. The number of amides is 1. The first-order valence-electron chi connectivity index (χ1n) is 8.11. The lowest BCUT2D eigenvalue weighted by molar-refractivity contribution is 0.0383. The zero-order chi connectivity index (χ0) is 16.8. The van der Waals surface area contributed by atoms with Crippen molar-refractivity contribution in [2.24, 2.45) is 0 Å². The number of rotatable bonds is 7. The molecule has 2 aromatic rings. The fraction of sp³-hybridized carbons (Fsp3) is 0.389. The average Bonchev–Trinajstić information content (AvgIpc) is 3.09. The number of ether oxygens (including phenoxy) is 2. The highest BCUT2D eigenvalue weighted by Crippen LogP contribution is 2.28. The van der Waals surface area contributed by atoms with E-state index < -0.39 is 0 Å². The summed E-state index contributed by atoms with van der Waals surface area (Å²) in [5.41, 5.74) is 1.16. The van der Waals surface area contributed by atoms with Crippen LogP contribution in [0, 0.1) is 0 Å². The third-order valence-electron chi connectivity index (χ3n) is 3.97. The van der Waals surface area contributed by atoms with Crippen molar-refractivity contribution in [2.45, 2.75) is 0 Å². The quantitative estimate of drug-likeness (QED) is 0.787. The first-order chi connectivity index (χ1) is 11.8. The molecule has 1 aromatic carbocycles. The number of fused-ring (bicyclic) bond motifs is 1. The van der Waals surface area contributed by atoms with Gasteiger partial charge in [-0.2, -0.15) is 0 Å². The Bertz CT molecular complexity index is 704. The maximum atomic E-state index is 12.4. The van der Waals surface area contributed by atoms with Gasteiger partial charge in [0.25, 0.3) is 5.91 Å². The average molecular weight is 330 g/mol. The van der Waals surface area contributed by atoms with Gasteiger partial charge in [0.2, 0.25) is 0 Å². The molecule has 0 atom stereocenters. The summed E-state index contributed by atoms with van der Waals surface area (Å²) >= 11 is 0. The Morgan fingerprint density at radius 2 is 2.21 bits per heavy atom. The topological polar surface area (TPSA) is 63.9 Å². The molecule has 3 rings (SSSR count). The lowest BCUT2D eigenvalue weighted by Gasteiger charge is -2.26. The van der Waals surface area contributed by atoms with Crippen LogP contribution in [0.2, 0.25) is 0 Å². The lowest BCUT2D eigenvalue weighted by atomic mass is 10.1. The van der Waals surface area contributed by atoms with Gasteiger partial charge in [0, 0.05) is 31.7 Å². The molecule has 1 N–H and O–H groups in total. The van der Waals surface area contributed by atoms with Crippen molar-refractivity contribution in [1.82, 2.24) is 10.2 Å². The van der Waals surface area contributed by atoms with Gasteiger partial charge in [0.15, 0.2) is 0 Å². The highest BCUT2D eigenvalue weighted by molar-refractivity contribution is 5.99. The molecule has 128 valence electrons. The smallest absolute Gasteiger partial charge is 0.251 e. The Balaban J connectivity index is 1.64. The maximum Gasteiger partial charge on any atom is 0.251 e. The third-order valence-corrected chi connectivity index (χ3v) is 3.97. The van der Waals surface area contributed by atoms with Crippen molar-refractivity contribution in [1.29, 1.82) is 0 Å². The van der Waals surface area contributed by atoms with Crippen LogP contribution in [0.1, 0.15) is 10.4 Å². The normalized spacial score (nSPS) is 15.3. The zero-order valence-corrected chi connectivity index (χ0v) is 13.6. The minimum Gasteiger partial charge on any atom is -0.489 e. The van der Waals surface area contributed by atoms with Crippen LogP contribution < -0.4 is 10.1 Å². The lowest BCUT2D eigenvalue weighted by Crippen LogP contribution is -2.41. The Hall–Kier alpha value is -2.31. The molecule has 0 unspecified atom stereocenters. The van der Waals surface area contributed by atoms with E-state index in [4.69, 9.17) is 13.9 Å². The van der Waals surface area contributed by atoms with E-state index in [1.54, 1.807) is 24.5 Å². The largest absolute Gasteiger partial charge is 0.489 e. The van der Waals surface area contributed by atoms with E-state index in [1.807, 2.05) is 6.07 Å². The first kappa shape index (κ1) is 16.5. The van der Waals surface area contributed by atoms with Crippen molar-refractivity contribution < 1.29 is 18.7 Å². The van der Waals surface area contributed by atoms with Crippen LogP contribution in [-0.4, -0.2) is 56.8 Å². The Morgan fingerprint density at radius 3 is 3.00 bits per heavy atom. The number of morpholine rings is 1. The van der Waals surface area contributed by atoms with E-state index >= 15 is 0 Å². The van der Waals surface area contributed by atoms with Crippen LogP contribution in [0.15, 0.2) is 41.5 Å². The molecule has 0 spiro atoms. The van der Waals surface area contributed by atoms with Crippen LogP contribution in [0.5, 0.6) is 5.75 Å². The second-order valence-corrected chi connectivity index (χ2v) is 5.62. The fourth-order valence-corrected chi connectivity index (χ4v) is 2.69. The number of carbonyl (C=O) groups excluding carboxylic acids is 1. The van der Waals surface area contributed by atoms with E-state index in [-0.39, 0.29) is 5.91 Å². The molecule has 1 aliphatic heterocycles. The second kappa shape index (κ2) is 7.99. The summed E-state index contributed by atoms with van der Waals surface area (Å²) in [6, 6.07) is 5.31. The summed E-state index contributed by atoms with van der Waals surface area (Å²) in [5.74, 6) is 0.490. The van der Waals surface area contributed by atoms with E-state index in [1.165, 1.54) is 0 Å². The molecule has 2 heterocycles. The van der Waals surface area contributed by atoms with Crippen molar-refractivity contribution >= 4 is 16.9 Å². The SMILES string of the molecule is C=CCOc1cc(C(=O)NCCN2CCOCC2)cc2occc12. The predicted octanol–water partition coefficient (Wildman–Crippen LogP) is 2.06. The zero-order valence-electron chi connectivity index (χ0n) is 13.6. The fourth-order valence-electron chi connectivity index (χ4n) is 2.69. The predicted molar refractivity (Wildman–Crippen MR) is 91.5 cm³/mol. The molecule has 1 amide bonds. The van der Waals surface area contributed by atoms with Crippen molar-refractivity contribution in [3.05, 3.63) is 42.7 Å². The number of nitrogens with zero attached hydrogens (tertiary/aromatic N) is 1. The van der Waals surface area contributed by atoms with E-state index in [0.717, 1.165) is 38.2 Å². The molecule has 6 heteroatoms. The molecular formula is C18H22N2O4. The molecule has 0 saturated carbocycles. The molecular weight excluding hydrogens is 308 g/mol. The van der Waals surface area contributed by atoms with Gasteiger partial charge in [-0.1, -0.05) is 12.7 Å². The van der Waals surface area contributed by atoms with Gasteiger partial charge in [0.1, 0.15) is 17.9 Å². The number of hydrogen-bond acceptors (Lipinski definition) is 5. The van der Waals surface area contributed by atoms with Crippen molar-refractivity contribution in [3.8, 4) is 5.75 Å². The van der Waals surface area contributed by atoms with Gasteiger partial charge in [-0.3, -0.25) is 9.69 Å². The Morgan fingerprint density at radius 1 is 1.38 bits per heavy atom. The number of furan rings is 1. The number of carbonyl (C=O) groups is 1. The summed E-state index contributed by atoms with van der Waals surface area (Å²) in [5, 5.41) is 3.80. The molecule has 1 saturated heterocycles. The van der Waals surface area contributed by atoms with Crippen LogP contribution in [-0.2, 0) is 4.74 Å². The summed E-state index contributed by atoms with van der Waals surface area (Å²) in [6.07, 6.45) is 3.26. The standard InChI is InChI=1S/C18H22N2O4/c1-2-8-23-16-12-14(13-17-15(16)3-9-24-17)18(21)19-4-5-20-6-10-22-11-7-20/h2-3,9,12-13H,1,4-8,10-11H2,(H,19,21). The minimum absolute atomic E-state index is 0.134. The van der Waals surface area contributed by atoms with E-state index in [2.05, 4.69) is 16.8 Å². The van der Waals surface area contributed by atoms with Crippen LogP contribution in [0.4, 0.5) is 0 Å². The number of hydrogen-bond donors (Lipinski definition) is 1. The molecule has 24 heavy (non-hydrogen) atoms. The van der Waals surface area contributed by atoms with Crippen LogP contribution >= 0.6 is 0 Å². The van der Waals surface area contributed by atoms with Gasteiger partial charge < -0.3 is 19.2 Å². The van der Waals surface area contributed by atoms with Gasteiger partial charge in [0.05, 0.1) is 24.9 Å². The molecule has 0 radical (unpaired) electrons. The van der Waals surface area contributed by atoms with E-state index in [9.17, 15) is 4.79 Å². The molecule has 0 bridgehead atoms. The van der Waals surface area contributed by atoms with Crippen LogP contribution in [0.3, 0.4) is 0 Å². The van der Waals surface area contributed by atoms with Crippen molar-refractivity contribution in [3.63, 3.8) is 0 Å². The summed E-state index contributed by atoms with van der Waals surface area (Å²) in [7, 11) is 0. The second-order valence-electron chi connectivity index (χ2n) is 5.62. The van der Waals surface area contributed by atoms with Crippen molar-refractivity contribution in [2.75, 3.05) is 46.0 Å². The minimum atomic E-state index is -0.134. The molecule has 0 aliphatic carbocycles. The number of benzene rings is 1. The van der Waals surface area contributed by atoms with Gasteiger partial charge in [-0.25, -0.2) is 0 Å². The Labute approximate surface area is 141 Å². The van der Waals surface area contributed by atoms with Gasteiger partial charge in [-0.15, -0.1) is 0 Å². The van der Waals surface area contributed by atoms with Gasteiger partial charge in [-0.05, 0) is 18.2 Å². The highest BCUT2D eigenvalue weighted by Gasteiger charge is 2.14. The summed E-state index contributed by atoms with van der Waals surface area (Å²) < 4.78 is 16.4. The summed E-state index contributed by atoms with van der Waals surface area (Å²) in [4.78, 5) is 14.7. The molecule has 1 fully saturated rings.